The molecule has 1 aromatic rings. The Morgan fingerprint density at radius 1 is 1.17 bits per heavy atom. The minimum Gasteiger partial charge on any atom is -0.393 e. The van der Waals surface area contributed by atoms with E-state index in [1.54, 1.807) is 4.90 Å². The van der Waals surface area contributed by atoms with Crippen LogP contribution in [-0.2, 0) is 6.42 Å². The first-order valence-electron chi connectivity index (χ1n) is 8.90. The fourth-order valence-corrected chi connectivity index (χ4v) is 3.25. The molecule has 0 saturated heterocycles. The number of aliphatic hydroxyl groups is 1. The molecule has 1 aromatic carbocycles. The zero-order valence-corrected chi connectivity index (χ0v) is 15.2. The van der Waals surface area contributed by atoms with Gasteiger partial charge in [0, 0.05) is 45.8 Å². The van der Waals surface area contributed by atoms with Gasteiger partial charge < -0.3 is 20.2 Å². The van der Waals surface area contributed by atoms with E-state index in [4.69, 9.17) is 0 Å². The topological polar surface area (TPSA) is 55.8 Å². The van der Waals surface area contributed by atoms with Crippen molar-refractivity contribution < 1.29 is 9.90 Å². The number of benzene rings is 1. The number of rotatable bonds is 6. The first-order valence-corrected chi connectivity index (χ1v) is 8.90. The van der Waals surface area contributed by atoms with Crippen LogP contribution in [0.5, 0.6) is 0 Å². The summed E-state index contributed by atoms with van der Waals surface area (Å²) in [5.41, 5.74) is 2.39. The molecule has 2 unspecified atom stereocenters. The smallest absolute Gasteiger partial charge is 0.317 e. The normalized spacial score (nSPS) is 20.5. The van der Waals surface area contributed by atoms with Crippen molar-refractivity contribution in [3.8, 4) is 0 Å². The van der Waals surface area contributed by atoms with Crippen molar-refractivity contribution in [2.75, 3.05) is 39.1 Å². The summed E-state index contributed by atoms with van der Waals surface area (Å²) in [5, 5.41) is 13.0. The Hall–Kier alpha value is -1.75. The van der Waals surface area contributed by atoms with Gasteiger partial charge in [-0.2, -0.15) is 0 Å². The van der Waals surface area contributed by atoms with Crippen LogP contribution >= 0.6 is 0 Å². The van der Waals surface area contributed by atoms with Gasteiger partial charge in [-0.15, -0.1) is 0 Å². The number of aliphatic hydroxyl groups excluding tert-OH is 1. The molecule has 5 heteroatoms. The Balaban J connectivity index is 1.72. The molecule has 1 aliphatic rings. The highest BCUT2D eigenvalue weighted by molar-refractivity contribution is 5.73. The number of urea groups is 1. The van der Waals surface area contributed by atoms with Crippen LogP contribution in [0.2, 0.25) is 0 Å². The van der Waals surface area contributed by atoms with Gasteiger partial charge in [0.1, 0.15) is 0 Å². The second-order valence-corrected chi connectivity index (χ2v) is 7.04. The summed E-state index contributed by atoms with van der Waals surface area (Å²) in [4.78, 5) is 16.0. The molecule has 0 heterocycles. The second-order valence-electron chi connectivity index (χ2n) is 7.04. The number of hydrogen-bond donors (Lipinski definition) is 2. The third-order valence-electron chi connectivity index (χ3n) is 4.87. The summed E-state index contributed by atoms with van der Waals surface area (Å²) in [6.45, 7) is 1.25. The SMILES string of the molecule is CN(CC1CCCCC1O)C(=O)NCCc1ccc(N(C)C)cc1. The molecule has 0 aliphatic heterocycles. The molecule has 2 N–H and O–H groups in total. The minimum absolute atomic E-state index is 0.0577. The van der Waals surface area contributed by atoms with Gasteiger partial charge in [-0.05, 0) is 37.0 Å². The third-order valence-corrected chi connectivity index (χ3v) is 4.87. The lowest BCUT2D eigenvalue weighted by Gasteiger charge is -2.31. The molecule has 24 heavy (non-hydrogen) atoms. The van der Waals surface area contributed by atoms with Crippen molar-refractivity contribution in [3.63, 3.8) is 0 Å². The van der Waals surface area contributed by atoms with Crippen LogP contribution in [0.1, 0.15) is 31.2 Å². The van der Waals surface area contributed by atoms with Crippen LogP contribution in [0.3, 0.4) is 0 Å². The van der Waals surface area contributed by atoms with Crippen LogP contribution in [0.25, 0.3) is 0 Å². The fourth-order valence-electron chi connectivity index (χ4n) is 3.25. The number of carbonyl (C=O) groups is 1. The number of nitrogens with zero attached hydrogens (tertiary/aromatic N) is 2. The van der Waals surface area contributed by atoms with Crippen LogP contribution in [-0.4, -0.2) is 56.4 Å². The van der Waals surface area contributed by atoms with Gasteiger partial charge in [-0.3, -0.25) is 0 Å². The van der Waals surface area contributed by atoms with Crippen molar-refractivity contribution in [2.45, 2.75) is 38.2 Å². The molecule has 2 rings (SSSR count). The number of carbonyl (C=O) groups excluding carboxylic acids is 1. The van der Waals surface area contributed by atoms with E-state index in [-0.39, 0.29) is 18.1 Å². The quantitative estimate of drug-likeness (QED) is 0.841. The molecule has 0 spiro atoms. The molecule has 2 atom stereocenters. The highest BCUT2D eigenvalue weighted by atomic mass is 16.3. The molecule has 134 valence electrons. The van der Waals surface area contributed by atoms with E-state index in [0.29, 0.717) is 13.1 Å². The summed E-state index contributed by atoms with van der Waals surface area (Å²) in [5.74, 6) is 0.216. The maximum Gasteiger partial charge on any atom is 0.317 e. The van der Waals surface area contributed by atoms with Crippen molar-refractivity contribution in [1.82, 2.24) is 10.2 Å². The lowest BCUT2D eigenvalue weighted by atomic mass is 9.86. The van der Waals surface area contributed by atoms with Gasteiger partial charge >= 0.3 is 6.03 Å². The van der Waals surface area contributed by atoms with Gasteiger partial charge in [0.15, 0.2) is 0 Å². The predicted molar refractivity (Wildman–Crippen MR) is 98.5 cm³/mol. The molecular formula is C19H31N3O2. The van der Waals surface area contributed by atoms with Crippen LogP contribution in [0.15, 0.2) is 24.3 Å². The molecule has 2 amide bonds. The Kier molecular flexibility index (Phi) is 6.91. The van der Waals surface area contributed by atoms with Crippen molar-refractivity contribution in [1.29, 1.82) is 0 Å². The first-order chi connectivity index (χ1) is 11.5. The van der Waals surface area contributed by atoms with E-state index in [9.17, 15) is 9.90 Å². The molecule has 1 aliphatic carbocycles. The number of hydrogen-bond acceptors (Lipinski definition) is 3. The molecule has 0 aromatic heterocycles. The van der Waals surface area contributed by atoms with E-state index >= 15 is 0 Å². The van der Waals surface area contributed by atoms with Crippen LogP contribution in [0, 0.1) is 5.92 Å². The van der Waals surface area contributed by atoms with Gasteiger partial charge in [0.2, 0.25) is 0 Å². The molecular weight excluding hydrogens is 302 g/mol. The highest BCUT2D eigenvalue weighted by Crippen LogP contribution is 2.24. The lowest BCUT2D eigenvalue weighted by molar-refractivity contribution is 0.0565. The molecule has 0 bridgehead atoms. The third kappa shape index (κ3) is 5.41. The van der Waals surface area contributed by atoms with E-state index in [1.165, 1.54) is 11.3 Å². The average molecular weight is 333 g/mol. The summed E-state index contributed by atoms with van der Waals surface area (Å²) < 4.78 is 0. The van der Waals surface area contributed by atoms with Gasteiger partial charge in [-0.1, -0.05) is 25.0 Å². The number of anilines is 1. The maximum atomic E-state index is 12.2. The average Bonchev–Trinajstić information content (AvgIpc) is 2.57. The minimum atomic E-state index is -0.260. The van der Waals surface area contributed by atoms with Gasteiger partial charge in [-0.25, -0.2) is 4.79 Å². The fraction of sp³-hybridized carbons (Fsp3) is 0.632. The standard InChI is InChI=1S/C19H31N3O2/c1-21(2)17-10-8-15(9-11-17)12-13-20-19(24)22(3)14-16-6-4-5-7-18(16)23/h8-11,16,18,23H,4-7,12-14H2,1-3H3,(H,20,24). The van der Waals surface area contributed by atoms with E-state index in [1.807, 2.05) is 21.1 Å². The van der Waals surface area contributed by atoms with Crippen molar-refractivity contribution >= 4 is 11.7 Å². The maximum absolute atomic E-state index is 12.2. The summed E-state index contributed by atoms with van der Waals surface area (Å²) in [7, 11) is 5.85. The Bertz CT molecular complexity index is 516. The molecule has 1 saturated carbocycles. The van der Waals surface area contributed by atoms with Crippen LogP contribution in [0.4, 0.5) is 10.5 Å². The zero-order chi connectivity index (χ0) is 17.5. The summed E-state index contributed by atoms with van der Waals surface area (Å²) in [6.07, 6.45) is 4.68. The van der Waals surface area contributed by atoms with E-state index in [2.05, 4.69) is 34.5 Å². The number of nitrogens with one attached hydrogen (secondary N) is 1. The Morgan fingerprint density at radius 2 is 1.83 bits per heavy atom. The largest absolute Gasteiger partial charge is 0.393 e. The summed E-state index contributed by atoms with van der Waals surface area (Å²) in [6, 6.07) is 8.33. The van der Waals surface area contributed by atoms with Crippen LogP contribution < -0.4 is 10.2 Å². The van der Waals surface area contributed by atoms with Crippen molar-refractivity contribution in [2.24, 2.45) is 5.92 Å². The molecule has 1 fully saturated rings. The van der Waals surface area contributed by atoms with Gasteiger partial charge in [0.05, 0.1) is 6.10 Å². The van der Waals surface area contributed by atoms with E-state index in [0.717, 1.165) is 32.1 Å². The molecule has 0 radical (unpaired) electrons. The number of amides is 2. The second kappa shape index (κ2) is 8.92. The highest BCUT2D eigenvalue weighted by Gasteiger charge is 2.25. The Morgan fingerprint density at radius 3 is 2.46 bits per heavy atom. The predicted octanol–water partition coefficient (Wildman–Crippen LogP) is 2.49. The Labute approximate surface area is 145 Å². The zero-order valence-electron chi connectivity index (χ0n) is 15.2. The van der Waals surface area contributed by atoms with E-state index < -0.39 is 0 Å². The summed E-state index contributed by atoms with van der Waals surface area (Å²) >= 11 is 0. The first kappa shape index (κ1) is 18.6. The molecule has 5 nitrogen and oxygen atoms in total. The van der Waals surface area contributed by atoms with Gasteiger partial charge in [0.25, 0.3) is 0 Å². The lowest BCUT2D eigenvalue weighted by Crippen LogP contribution is -2.43. The van der Waals surface area contributed by atoms with Crippen molar-refractivity contribution in [3.05, 3.63) is 29.8 Å². The monoisotopic (exact) mass is 333 g/mol.